The third-order valence-corrected chi connectivity index (χ3v) is 9.10. The van der Waals surface area contributed by atoms with E-state index in [1.54, 1.807) is 33.0 Å². The van der Waals surface area contributed by atoms with Crippen LogP contribution in [0.2, 0.25) is 0 Å². The molecule has 1 fully saturated rings. The van der Waals surface area contributed by atoms with E-state index in [0.29, 0.717) is 36.4 Å². The Hall–Kier alpha value is -5.71. The van der Waals surface area contributed by atoms with Crippen molar-refractivity contribution in [2.24, 2.45) is 0 Å². The van der Waals surface area contributed by atoms with Crippen molar-refractivity contribution in [3.05, 3.63) is 120 Å². The molecule has 4 N–H and O–H groups in total. The summed E-state index contributed by atoms with van der Waals surface area (Å²) in [6, 6.07) is 27.4. The van der Waals surface area contributed by atoms with Crippen molar-refractivity contribution in [2.45, 2.75) is 90.1 Å². The smallest absolute Gasteiger partial charge is 0.407 e. The molecule has 6 rings (SSSR count). The lowest BCUT2D eigenvalue weighted by Crippen LogP contribution is -2.50. The number of carbonyl (C=O) groups excluding carboxylic acids is 2. The third kappa shape index (κ3) is 9.59. The Bertz CT molecular complexity index is 2050. The molecule has 5 aromatic rings. The van der Waals surface area contributed by atoms with E-state index >= 15 is 4.39 Å². The first-order valence-corrected chi connectivity index (χ1v) is 18.0. The number of alkyl carbamates (subject to hydrolysis) is 1. The number of amides is 2. The predicted octanol–water partition coefficient (Wildman–Crippen LogP) is 9.00. The lowest BCUT2D eigenvalue weighted by atomic mass is 9.90. The van der Waals surface area contributed by atoms with Gasteiger partial charge in [0, 0.05) is 29.4 Å². The molecule has 0 spiro atoms. The van der Waals surface area contributed by atoms with Crippen molar-refractivity contribution >= 4 is 40.2 Å². The van der Waals surface area contributed by atoms with Crippen molar-refractivity contribution in [1.82, 2.24) is 20.6 Å². The van der Waals surface area contributed by atoms with Gasteiger partial charge in [-0.2, -0.15) is 0 Å². The molecule has 2 heterocycles. The minimum atomic E-state index is -0.779. The minimum Gasteiger partial charge on any atom is -0.487 e. The molecule has 1 saturated carbocycles. The third-order valence-electron chi connectivity index (χ3n) is 9.10. The number of aromatic nitrogens is 2. The van der Waals surface area contributed by atoms with Crippen LogP contribution in [0, 0.1) is 5.82 Å². The summed E-state index contributed by atoms with van der Waals surface area (Å²) >= 11 is 0. The molecular weight excluding hydrogens is 671 g/mol. The van der Waals surface area contributed by atoms with Crippen molar-refractivity contribution in [3.8, 4) is 5.75 Å². The van der Waals surface area contributed by atoms with Gasteiger partial charge < -0.3 is 30.7 Å². The number of halogens is 1. The summed E-state index contributed by atoms with van der Waals surface area (Å²) in [5.74, 6) is -0.583. The van der Waals surface area contributed by atoms with Gasteiger partial charge in [-0.3, -0.25) is 9.78 Å². The van der Waals surface area contributed by atoms with Gasteiger partial charge in [-0.05, 0) is 76.8 Å². The first-order chi connectivity index (χ1) is 25.3. The number of pyridine rings is 2. The zero-order valence-electron chi connectivity index (χ0n) is 30.8. The highest BCUT2D eigenvalue weighted by Crippen LogP contribution is 2.33. The molecule has 1 aliphatic carbocycles. The van der Waals surface area contributed by atoms with E-state index in [9.17, 15) is 9.59 Å². The van der Waals surface area contributed by atoms with Gasteiger partial charge in [0.1, 0.15) is 29.3 Å². The molecule has 0 saturated heterocycles. The molecule has 3 aromatic carbocycles. The molecular formula is C42H47FN6O4. The van der Waals surface area contributed by atoms with Crippen molar-refractivity contribution in [3.63, 3.8) is 0 Å². The van der Waals surface area contributed by atoms with Crippen molar-refractivity contribution < 1.29 is 23.5 Å². The molecule has 2 aromatic heterocycles. The highest BCUT2D eigenvalue weighted by atomic mass is 19.1. The van der Waals surface area contributed by atoms with Crippen LogP contribution in [0.3, 0.4) is 0 Å². The van der Waals surface area contributed by atoms with Gasteiger partial charge >= 0.3 is 6.09 Å². The van der Waals surface area contributed by atoms with Crippen LogP contribution in [0.25, 0.3) is 10.9 Å². The van der Waals surface area contributed by atoms with E-state index in [4.69, 9.17) is 14.5 Å². The minimum absolute atomic E-state index is 0.0159. The summed E-state index contributed by atoms with van der Waals surface area (Å²) < 4.78 is 27.9. The molecule has 276 valence electrons. The molecule has 0 aliphatic heterocycles. The van der Waals surface area contributed by atoms with Gasteiger partial charge in [-0.25, -0.2) is 14.2 Å². The molecule has 2 amide bonds. The fourth-order valence-corrected chi connectivity index (χ4v) is 6.46. The number of carbonyl (C=O) groups is 2. The fourth-order valence-electron chi connectivity index (χ4n) is 6.46. The Balaban J connectivity index is 1.35. The number of nitrogens with zero attached hydrogens (tertiary/aromatic N) is 2. The summed E-state index contributed by atoms with van der Waals surface area (Å²) in [4.78, 5) is 36.0. The number of benzene rings is 3. The number of nitrogens with one attached hydrogen (secondary N) is 4. The van der Waals surface area contributed by atoms with Gasteiger partial charge in [0.2, 0.25) is 0 Å². The number of anilines is 3. The van der Waals surface area contributed by atoms with Crippen LogP contribution < -0.4 is 26.0 Å². The molecule has 53 heavy (non-hydrogen) atoms. The van der Waals surface area contributed by atoms with E-state index in [1.165, 1.54) is 6.07 Å². The summed E-state index contributed by atoms with van der Waals surface area (Å²) in [5.41, 5.74) is 1.70. The van der Waals surface area contributed by atoms with Gasteiger partial charge in [0.25, 0.3) is 5.91 Å². The largest absolute Gasteiger partial charge is 0.487 e. The number of hydrogen-bond donors (Lipinski definition) is 4. The monoisotopic (exact) mass is 718 g/mol. The Morgan fingerprint density at radius 3 is 2.26 bits per heavy atom. The Morgan fingerprint density at radius 2 is 1.55 bits per heavy atom. The standard InChI is InChI=1S/C42H47FN6O4/c1-41(2,3)53-40(51)47-34-21-13-12-20-33(34)46-38-32(43)25-31(39(50)49-42(4,5)29-18-10-7-11-19-29)37(48-38)45-30-23-28-17-14-22-44-36(28)35(24-30)52-26-27-15-8-6-9-16-27/h6-11,14-19,22-25,33-34H,12-13,20-21,26H2,1-5H3,(H,47,51)(H,49,50)(H2,45,46,48)/t33-,34+/m0/s1. The lowest BCUT2D eigenvalue weighted by Gasteiger charge is -2.34. The molecule has 1 aliphatic rings. The SMILES string of the molecule is CC(C)(C)OC(=O)N[C@@H]1CCCC[C@@H]1Nc1nc(Nc2cc(OCc3ccccc3)c3ncccc3c2)c(C(=O)NC(C)(C)c2ccccc2)cc1F. The highest BCUT2D eigenvalue weighted by Gasteiger charge is 2.31. The van der Waals surface area contributed by atoms with Gasteiger partial charge in [0.05, 0.1) is 17.1 Å². The van der Waals surface area contributed by atoms with Crippen molar-refractivity contribution in [2.75, 3.05) is 10.6 Å². The highest BCUT2D eigenvalue weighted by molar-refractivity contribution is 6.00. The zero-order valence-corrected chi connectivity index (χ0v) is 30.8. The summed E-state index contributed by atoms with van der Waals surface area (Å²) in [5, 5.41) is 13.4. The van der Waals surface area contributed by atoms with E-state index in [1.807, 2.05) is 92.7 Å². The van der Waals surface area contributed by atoms with E-state index in [0.717, 1.165) is 29.4 Å². The number of hydrogen-bond acceptors (Lipinski definition) is 8. The Morgan fingerprint density at radius 1 is 0.849 bits per heavy atom. The Kier molecular flexibility index (Phi) is 11.1. The second-order valence-electron chi connectivity index (χ2n) is 14.9. The van der Waals surface area contributed by atoms with Gasteiger partial charge in [-0.15, -0.1) is 0 Å². The zero-order chi connectivity index (χ0) is 37.6. The number of fused-ring (bicyclic) bond motifs is 1. The molecule has 2 atom stereocenters. The van der Waals surface area contributed by atoms with Crippen molar-refractivity contribution in [1.29, 1.82) is 0 Å². The van der Waals surface area contributed by atoms with Crippen LogP contribution in [0.4, 0.5) is 26.5 Å². The Labute approximate surface area is 309 Å². The fraction of sp³-hybridized carbons (Fsp3) is 0.333. The maximum Gasteiger partial charge on any atom is 0.407 e. The van der Waals surface area contributed by atoms with E-state index in [-0.39, 0.29) is 29.3 Å². The summed E-state index contributed by atoms with van der Waals surface area (Å²) in [7, 11) is 0. The molecule has 10 nitrogen and oxygen atoms in total. The first kappa shape index (κ1) is 37.1. The second-order valence-corrected chi connectivity index (χ2v) is 14.9. The summed E-state index contributed by atoms with van der Waals surface area (Å²) in [6.07, 6.45) is 4.34. The molecule has 0 radical (unpaired) electrons. The van der Waals surface area contributed by atoms with Crippen LogP contribution in [-0.4, -0.2) is 39.7 Å². The van der Waals surface area contributed by atoms with E-state index in [2.05, 4.69) is 26.3 Å². The van der Waals surface area contributed by atoms with Crippen LogP contribution in [0.5, 0.6) is 5.75 Å². The van der Waals surface area contributed by atoms with Crippen LogP contribution in [-0.2, 0) is 16.9 Å². The van der Waals surface area contributed by atoms with Gasteiger partial charge in [-0.1, -0.05) is 79.6 Å². The first-order valence-electron chi connectivity index (χ1n) is 18.0. The van der Waals surface area contributed by atoms with Crippen LogP contribution in [0.15, 0.2) is 97.2 Å². The molecule has 11 heteroatoms. The lowest BCUT2D eigenvalue weighted by molar-refractivity contribution is 0.0488. The number of rotatable bonds is 11. The topological polar surface area (TPSA) is 126 Å². The average molecular weight is 719 g/mol. The summed E-state index contributed by atoms with van der Waals surface area (Å²) in [6.45, 7) is 9.52. The molecule has 0 bridgehead atoms. The van der Waals surface area contributed by atoms with Gasteiger partial charge in [0.15, 0.2) is 11.6 Å². The molecule has 0 unspecified atom stereocenters. The second kappa shape index (κ2) is 15.9. The number of ether oxygens (including phenoxy) is 2. The average Bonchev–Trinajstić information content (AvgIpc) is 3.12. The maximum atomic E-state index is 16.1. The maximum absolute atomic E-state index is 16.1. The van der Waals surface area contributed by atoms with Crippen LogP contribution >= 0.6 is 0 Å². The predicted molar refractivity (Wildman–Crippen MR) is 206 cm³/mol. The normalized spacial score (nSPS) is 16.0. The van der Waals surface area contributed by atoms with Crippen LogP contribution in [0.1, 0.15) is 81.8 Å². The van der Waals surface area contributed by atoms with E-state index < -0.39 is 29.0 Å². The quantitative estimate of drug-likeness (QED) is 0.107.